The number of ether oxygens (including phenoxy) is 1. The monoisotopic (exact) mass is 323 g/mol. The fraction of sp³-hybridized carbons (Fsp3) is 0.0556. The van der Waals surface area contributed by atoms with Gasteiger partial charge >= 0.3 is 11.9 Å². The molecule has 2 aromatic carbocycles. The molecule has 0 amide bonds. The number of hydrogen-bond acceptors (Lipinski definition) is 5. The number of nitrogens with zero attached hydrogens (tertiary/aromatic N) is 1. The Kier molecular flexibility index (Phi) is 4.11. The van der Waals surface area contributed by atoms with Gasteiger partial charge in [0.1, 0.15) is 5.69 Å². The maximum absolute atomic E-state index is 11.4. The summed E-state index contributed by atoms with van der Waals surface area (Å²) in [5.41, 5.74) is 2.55. The van der Waals surface area contributed by atoms with Crippen LogP contribution >= 0.6 is 0 Å². The smallest absolute Gasteiger partial charge is 0.337 e. The molecule has 0 aliphatic carbocycles. The van der Waals surface area contributed by atoms with Crippen LogP contribution in [0.15, 0.2) is 59.1 Å². The lowest BCUT2D eigenvalue weighted by atomic mass is 10.1. The van der Waals surface area contributed by atoms with Crippen molar-refractivity contribution < 1.29 is 24.0 Å². The molecule has 0 aliphatic rings. The number of hydrogen-bond donors (Lipinski definition) is 1. The predicted molar refractivity (Wildman–Crippen MR) is 85.7 cm³/mol. The van der Waals surface area contributed by atoms with Gasteiger partial charge in [-0.3, -0.25) is 0 Å². The lowest BCUT2D eigenvalue weighted by molar-refractivity contribution is 0.0600. The second kappa shape index (κ2) is 6.37. The van der Waals surface area contributed by atoms with Gasteiger partial charge in [0.15, 0.2) is 5.76 Å². The Bertz CT molecular complexity index is 896. The number of carbonyl (C=O) groups is 2. The summed E-state index contributed by atoms with van der Waals surface area (Å²) in [7, 11) is 1.32. The summed E-state index contributed by atoms with van der Waals surface area (Å²) < 4.78 is 9.97. The number of aromatic carboxylic acids is 1. The van der Waals surface area contributed by atoms with Crippen LogP contribution in [-0.2, 0) is 4.74 Å². The largest absolute Gasteiger partial charge is 0.478 e. The predicted octanol–water partition coefficient (Wildman–Crippen LogP) is 3.49. The normalized spacial score (nSPS) is 10.4. The molecule has 0 fully saturated rings. The molecule has 24 heavy (non-hydrogen) atoms. The number of esters is 1. The minimum Gasteiger partial charge on any atom is -0.478 e. The van der Waals surface area contributed by atoms with Crippen molar-refractivity contribution in [3.8, 4) is 22.6 Å². The van der Waals surface area contributed by atoms with Crippen molar-refractivity contribution in [2.75, 3.05) is 7.11 Å². The first kappa shape index (κ1) is 15.5. The molecule has 0 unspecified atom stereocenters. The van der Waals surface area contributed by atoms with Crippen LogP contribution in [0.5, 0.6) is 0 Å². The fourth-order valence-electron chi connectivity index (χ4n) is 2.25. The molecule has 1 aromatic heterocycles. The van der Waals surface area contributed by atoms with Gasteiger partial charge in [-0.25, -0.2) is 9.59 Å². The van der Waals surface area contributed by atoms with E-state index in [2.05, 4.69) is 9.89 Å². The number of benzene rings is 2. The summed E-state index contributed by atoms with van der Waals surface area (Å²) >= 11 is 0. The quantitative estimate of drug-likeness (QED) is 0.739. The van der Waals surface area contributed by atoms with E-state index < -0.39 is 11.9 Å². The number of rotatable bonds is 4. The Morgan fingerprint density at radius 2 is 1.75 bits per heavy atom. The first-order chi connectivity index (χ1) is 11.6. The Morgan fingerprint density at radius 3 is 2.42 bits per heavy atom. The summed E-state index contributed by atoms with van der Waals surface area (Å²) in [6, 6.07) is 14.9. The maximum atomic E-state index is 11.4. The average Bonchev–Trinajstić information content (AvgIpc) is 3.11. The summed E-state index contributed by atoms with van der Waals surface area (Å²) in [5.74, 6) is -0.897. The highest BCUT2D eigenvalue weighted by molar-refractivity contribution is 5.90. The van der Waals surface area contributed by atoms with Gasteiger partial charge in [-0.05, 0) is 24.3 Å². The fourth-order valence-corrected chi connectivity index (χ4v) is 2.25. The maximum Gasteiger partial charge on any atom is 0.337 e. The summed E-state index contributed by atoms with van der Waals surface area (Å²) in [5, 5.41) is 13.0. The van der Waals surface area contributed by atoms with E-state index in [1.165, 1.54) is 19.2 Å². The number of carboxylic acids is 1. The Labute approximate surface area is 137 Å². The van der Waals surface area contributed by atoms with Crippen LogP contribution in [0.1, 0.15) is 20.7 Å². The molecule has 6 heteroatoms. The van der Waals surface area contributed by atoms with Crippen LogP contribution < -0.4 is 0 Å². The highest BCUT2D eigenvalue weighted by atomic mass is 16.5. The molecule has 0 saturated heterocycles. The molecule has 0 aliphatic heterocycles. The van der Waals surface area contributed by atoms with Gasteiger partial charge in [0, 0.05) is 17.2 Å². The number of methoxy groups -OCH3 is 1. The van der Waals surface area contributed by atoms with E-state index in [0.29, 0.717) is 22.6 Å². The van der Waals surface area contributed by atoms with E-state index in [1.54, 1.807) is 42.5 Å². The van der Waals surface area contributed by atoms with Crippen molar-refractivity contribution in [3.63, 3.8) is 0 Å². The first-order valence-electron chi connectivity index (χ1n) is 7.07. The van der Waals surface area contributed by atoms with E-state index in [-0.39, 0.29) is 5.56 Å². The lowest BCUT2D eigenvalue weighted by Gasteiger charge is -1.99. The average molecular weight is 323 g/mol. The molecule has 0 saturated carbocycles. The second-order valence-corrected chi connectivity index (χ2v) is 5.03. The zero-order valence-electron chi connectivity index (χ0n) is 12.7. The molecule has 3 aromatic rings. The molecule has 120 valence electrons. The Morgan fingerprint density at radius 1 is 1.00 bits per heavy atom. The molecule has 0 radical (unpaired) electrons. The molecule has 3 rings (SSSR count). The SMILES string of the molecule is COC(=O)c1ccc(-c2cc(-c3cccc(C(=O)O)c3)no2)cc1. The summed E-state index contributed by atoms with van der Waals surface area (Å²) in [6.45, 7) is 0. The topological polar surface area (TPSA) is 89.6 Å². The Hall–Kier alpha value is -3.41. The summed E-state index contributed by atoms with van der Waals surface area (Å²) in [6.07, 6.45) is 0. The minimum absolute atomic E-state index is 0.180. The van der Waals surface area contributed by atoms with Crippen LogP contribution in [0.2, 0.25) is 0 Å². The molecule has 6 nitrogen and oxygen atoms in total. The van der Waals surface area contributed by atoms with Crippen LogP contribution in [0, 0.1) is 0 Å². The van der Waals surface area contributed by atoms with E-state index in [4.69, 9.17) is 9.63 Å². The van der Waals surface area contributed by atoms with Crippen molar-refractivity contribution in [2.45, 2.75) is 0 Å². The molecule has 0 bridgehead atoms. The molecule has 0 spiro atoms. The zero-order valence-corrected chi connectivity index (χ0v) is 12.7. The van der Waals surface area contributed by atoms with Gasteiger partial charge in [0.2, 0.25) is 0 Å². The van der Waals surface area contributed by atoms with Crippen LogP contribution in [0.3, 0.4) is 0 Å². The van der Waals surface area contributed by atoms with Gasteiger partial charge in [0.25, 0.3) is 0 Å². The van der Waals surface area contributed by atoms with Crippen molar-refractivity contribution >= 4 is 11.9 Å². The van der Waals surface area contributed by atoms with Crippen molar-refractivity contribution in [1.29, 1.82) is 0 Å². The number of carbonyl (C=O) groups excluding carboxylic acids is 1. The van der Waals surface area contributed by atoms with E-state index in [1.807, 2.05) is 0 Å². The third kappa shape index (κ3) is 3.03. The summed E-state index contributed by atoms with van der Waals surface area (Å²) in [4.78, 5) is 22.5. The first-order valence-corrected chi connectivity index (χ1v) is 7.07. The second-order valence-electron chi connectivity index (χ2n) is 5.03. The highest BCUT2D eigenvalue weighted by Gasteiger charge is 2.12. The van der Waals surface area contributed by atoms with E-state index in [0.717, 1.165) is 5.56 Å². The number of carboxylic acid groups (broad SMARTS) is 1. The zero-order chi connectivity index (χ0) is 17.1. The van der Waals surface area contributed by atoms with Crippen molar-refractivity contribution in [1.82, 2.24) is 5.16 Å². The van der Waals surface area contributed by atoms with Gasteiger partial charge in [-0.1, -0.05) is 29.4 Å². The highest BCUT2D eigenvalue weighted by Crippen LogP contribution is 2.26. The van der Waals surface area contributed by atoms with Crippen LogP contribution in [-0.4, -0.2) is 29.3 Å². The number of aromatic nitrogens is 1. The third-order valence-electron chi connectivity index (χ3n) is 3.51. The molecular formula is C18H13NO5. The van der Waals surface area contributed by atoms with Crippen molar-refractivity contribution in [2.24, 2.45) is 0 Å². The van der Waals surface area contributed by atoms with Gasteiger partial charge < -0.3 is 14.4 Å². The van der Waals surface area contributed by atoms with E-state index in [9.17, 15) is 9.59 Å². The molecule has 1 N–H and O–H groups in total. The van der Waals surface area contributed by atoms with Crippen LogP contribution in [0.4, 0.5) is 0 Å². The van der Waals surface area contributed by atoms with Crippen molar-refractivity contribution in [3.05, 3.63) is 65.7 Å². The van der Waals surface area contributed by atoms with Gasteiger partial charge in [0.05, 0.1) is 18.2 Å². The Balaban J connectivity index is 1.89. The van der Waals surface area contributed by atoms with E-state index >= 15 is 0 Å². The third-order valence-corrected chi connectivity index (χ3v) is 3.51. The van der Waals surface area contributed by atoms with Gasteiger partial charge in [-0.2, -0.15) is 0 Å². The lowest BCUT2D eigenvalue weighted by Crippen LogP contribution is -2.00. The van der Waals surface area contributed by atoms with Crippen LogP contribution in [0.25, 0.3) is 22.6 Å². The molecule has 1 heterocycles. The van der Waals surface area contributed by atoms with Gasteiger partial charge in [-0.15, -0.1) is 0 Å². The standard InChI is InChI=1S/C18H13NO5/c1-23-18(22)12-7-5-11(6-8-12)16-10-15(19-24-16)13-3-2-4-14(9-13)17(20)21/h2-10H,1H3,(H,20,21). The minimum atomic E-state index is -1.00. The molecule has 0 atom stereocenters. The molecular weight excluding hydrogens is 310 g/mol.